The molecule has 1 aliphatic heterocycles. The van der Waals surface area contributed by atoms with E-state index in [0.29, 0.717) is 5.69 Å². The number of piperazine rings is 1. The summed E-state index contributed by atoms with van der Waals surface area (Å²) in [5, 5.41) is 14.5. The molecule has 2 amide bonds. The highest BCUT2D eigenvalue weighted by molar-refractivity contribution is 7.89. The second-order valence-electron chi connectivity index (χ2n) is 6.53. The Morgan fingerprint density at radius 1 is 1.18 bits per heavy atom. The molecule has 0 saturated carbocycles. The minimum atomic E-state index is -3.93. The lowest BCUT2D eigenvalue weighted by Crippen LogP contribution is -2.57. The summed E-state index contributed by atoms with van der Waals surface area (Å²) in [6, 6.07) is 11.1. The van der Waals surface area contributed by atoms with Gasteiger partial charge in [0.1, 0.15) is 11.8 Å². The number of anilines is 1. The van der Waals surface area contributed by atoms with Gasteiger partial charge in [-0.2, -0.15) is 4.31 Å². The minimum absolute atomic E-state index is 0.0556. The van der Waals surface area contributed by atoms with Crippen molar-refractivity contribution in [3.05, 3.63) is 54.1 Å². The van der Waals surface area contributed by atoms with E-state index in [0.717, 1.165) is 9.87 Å². The molecule has 1 atom stereocenters. The lowest BCUT2D eigenvalue weighted by atomic mass is 10.1. The third-order valence-corrected chi connectivity index (χ3v) is 6.36. The van der Waals surface area contributed by atoms with E-state index in [2.05, 4.69) is 10.6 Å². The minimum Gasteiger partial charge on any atom is -0.508 e. The number of sulfonamides is 1. The molecule has 0 aliphatic carbocycles. The van der Waals surface area contributed by atoms with Crippen molar-refractivity contribution in [2.75, 3.05) is 18.4 Å². The molecule has 0 spiro atoms. The van der Waals surface area contributed by atoms with E-state index in [-0.39, 0.29) is 30.2 Å². The first kappa shape index (κ1) is 19.8. The van der Waals surface area contributed by atoms with E-state index in [9.17, 15) is 23.1 Å². The quantitative estimate of drug-likeness (QED) is 0.649. The topological polar surface area (TPSA) is 116 Å². The molecule has 2 aromatic carbocycles. The fourth-order valence-electron chi connectivity index (χ4n) is 2.95. The SMILES string of the molecule is Cc1ccc(S(=O)(=O)N2CCNC(=O)C2CC(=O)Nc2ccc(O)cc2)cc1. The Kier molecular flexibility index (Phi) is 5.66. The fraction of sp³-hybridized carbons (Fsp3) is 0.263. The summed E-state index contributed by atoms with van der Waals surface area (Å²) in [5.74, 6) is -0.959. The molecule has 0 bridgehead atoms. The largest absolute Gasteiger partial charge is 0.508 e. The zero-order valence-electron chi connectivity index (χ0n) is 15.3. The lowest BCUT2D eigenvalue weighted by Gasteiger charge is -2.33. The third-order valence-electron chi connectivity index (χ3n) is 4.44. The van der Waals surface area contributed by atoms with Crippen molar-refractivity contribution >= 4 is 27.5 Å². The van der Waals surface area contributed by atoms with Crippen LogP contribution >= 0.6 is 0 Å². The summed E-state index contributed by atoms with van der Waals surface area (Å²) in [4.78, 5) is 24.8. The molecule has 3 rings (SSSR count). The van der Waals surface area contributed by atoms with Crippen LogP contribution in [0.5, 0.6) is 5.75 Å². The number of carbonyl (C=O) groups excluding carboxylic acids is 2. The first-order chi connectivity index (χ1) is 13.3. The van der Waals surface area contributed by atoms with Crippen molar-refractivity contribution in [1.29, 1.82) is 0 Å². The van der Waals surface area contributed by atoms with Gasteiger partial charge in [-0.05, 0) is 43.3 Å². The second-order valence-corrected chi connectivity index (χ2v) is 8.43. The second kappa shape index (κ2) is 7.99. The molecule has 1 fully saturated rings. The number of hydrogen-bond acceptors (Lipinski definition) is 5. The van der Waals surface area contributed by atoms with Crippen molar-refractivity contribution in [2.45, 2.75) is 24.3 Å². The van der Waals surface area contributed by atoms with Gasteiger partial charge in [0, 0.05) is 18.8 Å². The molecule has 1 heterocycles. The van der Waals surface area contributed by atoms with Gasteiger partial charge in [0.25, 0.3) is 0 Å². The van der Waals surface area contributed by atoms with E-state index in [4.69, 9.17) is 0 Å². The van der Waals surface area contributed by atoms with Crippen LogP contribution < -0.4 is 10.6 Å². The molecule has 0 aromatic heterocycles. The number of nitrogens with one attached hydrogen (secondary N) is 2. The van der Waals surface area contributed by atoms with Gasteiger partial charge in [-0.1, -0.05) is 17.7 Å². The molecule has 148 valence electrons. The Morgan fingerprint density at radius 2 is 1.82 bits per heavy atom. The van der Waals surface area contributed by atoms with Crippen LogP contribution in [0, 0.1) is 6.92 Å². The lowest BCUT2D eigenvalue weighted by molar-refractivity contribution is -0.130. The van der Waals surface area contributed by atoms with E-state index >= 15 is 0 Å². The van der Waals surface area contributed by atoms with Crippen LogP contribution in [0.25, 0.3) is 0 Å². The standard InChI is InChI=1S/C19H21N3O5S/c1-13-2-8-16(9-3-13)28(26,27)22-11-10-20-19(25)17(22)12-18(24)21-14-4-6-15(23)7-5-14/h2-9,17,23H,10-12H2,1H3,(H,20,25)(H,21,24). The highest BCUT2D eigenvalue weighted by Gasteiger charge is 2.39. The monoisotopic (exact) mass is 403 g/mol. The number of rotatable bonds is 5. The van der Waals surface area contributed by atoms with Crippen LogP contribution in [0.2, 0.25) is 0 Å². The Bertz CT molecular complexity index is 972. The number of nitrogens with zero attached hydrogens (tertiary/aromatic N) is 1. The van der Waals surface area contributed by atoms with Crippen molar-refractivity contribution in [3.8, 4) is 5.75 Å². The van der Waals surface area contributed by atoms with Gasteiger partial charge in [0.15, 0.2) is 0 Å². The molecular weight excluding hydrogens is 382 g/mol. The van der Waals surface area contributed by atoms with Crippen molar-refractivity contribution in [1.82, 2.24) is 9.62 Å². The average Bonchev–Trinajstić information content (AvgIpc) is 2.65. The van der Waals surface area contributed by atoms with E-state index in [1.54, 1.807) is 12.1 Å². The van der Waals surface area contributed by atoms with Crippen LogP contribution in [0.15, 0.2) is 53.4 Å². The predicted molar refractivity (Wildman–Crippen MR) is 103 cm³/mol. The maximum Gasteiger partial charge on any atom is 0.243 e. The van der Waals surface area contributed by atoms with E-state index < -0.39 is 27.9 Å². The van der Waals surface area contributed by atoms with Crippen molar-refractivity contribution in [3.63, 3.8) is 0 Å². The van der Waals surface area contributed by atoms with E-state index in [1.807, 2.05) is 6.92 Å². The number of phenolic OH excluding ortho intramolecular Hbond substituents is 1. The van der Waals surface area contributed by atoms with Gasteiger partial charge in [-0.25, -0.2) is 8.42 Å². The van der Waals surface area contributed by atoms with Gasteiger partial charge < -0.3 is 15.7 Å². The number of benzene rings is 2. The summed E-state index contributed by atoms with van der Waals surface area (Å²) in [6.07, 6.45) is -0.322. The van der Waals surface area contributed by atoms with Gasteiger partial charge >= 0.3 is 0 Å². The molecular formula is C19H21N3O5S. The predicted octanol–water partition coefficient (Wildman–Crippen LogP) is 1.22. The molecule has 0 radical (unpaired) electrons. The molecule has 8 nitrogen and oxygen atoms in total. The number of phenols is 1. The molecule has 3 N–H and O–H groups in total. The van der Waals surface area contributed by atoms with Gasteiger partial charge in [0.05, 0.1) is 11.3 Å². The number of amides is 2. The van der Waals surface area contributed by atoms with Crippen molar-refractivity contribution < 1.29 is 23.1 Å². The smallest absolute Gasteiger partial charge is 0.243 e. The van der Waals surface area contributed by atoms with Crippen molar-refractivity contribution in [2.24, 2.45) is 0 Å². The first-order valence-corrected chi connectivity index (χ1v) is 10.2. The summed E-state index contributed by atoms with van der Waals surface area (Å²) in [5.41, 5.74) is 1.35. The Labute approximate surface area is 163 Å². The molecule has 1 aliphatic rings. The zero-order chi connectivity index (χ0) is 20.3. The fourth-order valence-corrected chi connectivity index (χ4v) is 4.54. The molecule has 1 saturated heterocycles. The number of carbonyl (C=O) groups is 2. The Hall–Kier alpha value is -2.91. The maximum atomic E-state index is 13.0. The highest BCUT2D eigenvalue weighted by atomic mass is 32.2. The molecule has 28 heavy (non-hydrogen) atoms. The van der Waals surface area contributed by atoms with Crippen LogP contribution in [-0.4, -0.2) is 48.8 Å². The third kappa shape index (κ3) is 4.32. The normalized spacial score (nSPS) is 17.8. The average molecular weight is 403 g/mol. The summed E-state index contributed by atoms with van der Waals surface area (Å²) in [7, 11) is -3.93. The number of hydrogen-bond donors (Lipinski definition) is 3. The number of aromatic hydroxyl groups is 1. The van der Waals surface area contributed by atoms with Crippen LogP contribution in [-0.2, 0) is 19.6 Å². The maximum absolute atomic E-state index is 13.0. The van der Waals surface area contributed by atoms with Crippen LogP contribution in [0.3, 0.4) is 0 Å². The molecule has 2 aromatic rings. The Morgan fingerprint density at radius 3 is 2.46 bits per heavy atom. The number of aryl methyl sites for hydroxylation is 1. The summed E-state index contributed by atoms with van der Waals surface area (Å²) in [6.45, 7) is 2.11. The summed E-state index contributed by atoms with van der Waals surface area (Å²) >= 11 is 0. The zero-order valence-corrected chi connectivity index (χ0v) is 16.1. The van der Waals surface area contributed by atoms with E-state index in [1.165, 1.54) is 36.4 Å². The van der Waals surface area contributed by atoms with Crippen LogP contribution in [0.1, 0.15) is 12.0 Å². The van der Waals surface area contributed by atoms with Gasteiger partial charge in [-0.3, -0.25) is 9.59 Å². The van der Waals surface area contributed by atoms with Crippen LogP contribution in [0.4, 0.5) is 5.69 Å². The Balaban J connectivity index is 1.80. The highest BCUT2D eigenvalue weighted by Crippen LogP contribution is 2.22. The summed E-state index contributed by atoms with van der Waals surface area (Å²) < 4.78 is 27.1. The van der Waals surface area contributed by atoms with Gasteiger partial charge in [-0.15, -0.1) is 0 Å². The molecule has 9 heteroatoms. The molecule has 1 unspecified atom stereocenters. The van der Waals surface area contributed by atoms with Gasteiger partial charge in [0.2, 0.25) is 21.8 Å². The first-order valence-electron chi connectivity index (χ1n) is 8.72.